The number of carbonyl (C=O) groups excluding carboxylic acids is 2. The van der Waals surface area contributed by atoms with Gasteiger partial charge in [0.1, 0.15) is 6.04 Å². The molecule has 5 nitrogen and oxygen atoms in total. The molecule has 0 radical (unpaired) electrons. The number of halogens is 1. The minimum Gasteiger partial charge on any atom is -0.354 e. The molecule has 1 aliphatic heterocycles. The predicted octanol–water partition coefficient (Wildman–Crippen LogP) is 3.57. The van der Waals surface area contributed by atoms with Crippen LogP contribution in [-0.4, -0.2) is 60.9 Å². The first-order valence-corrected chi connectivity index (χ1v) is 11.9. The van der Waals surface area contributed by atoms with Gasteiger partial charge >= 0.3 is 0 Å². The van der Waals surface area contributed by atoms with Crippen LogP contribution in [0.25, 0.3) is 0 Å². The highest BCUT2D eigenvalue weighted by Gasteiger charge is 2.22. The van der Waals surface area contributed by atoms with Gasteiger partial charge in [-0.25, -0.2) is 0 Å². The van der Waals surface area contributed by atoms with Crippen molar-refractivity contribution in [2.75, 3.05) is 38.2 Å². The Balaban J connectivity index is 1.81. The summed E-state index contributed by atoms with van der Waals surface area (Å²) in [6.45, 7) is 3.98. The van der Waals surface area contributed by atoms with Crippen molar-refractivity contribution in [2.45, 2.75) is 44.6 Å². The molecule has 0 aliphatic carbocycles. The minimum atomic E-state index is -0.547. The molecule has 1 atom stereocenters. The average molecular weight is 426 g/mol. The van der Waals surface area contributed by atoms with E-state index in [0.29, 0.717) is 23.6 Å². The highest BCUT2D eigenvalue weighted by atomic mass is 35.5. The summed E-state index contributed by atoms with van der Waals surface area (Å²) in [7, 11) is 0. The maximum Gasteiger partial charge on any atom is 0.253 e. The van der Waals surface area contributed by atoms with Crippen molar-refractivity contribution in [1.29, 1.82) is 0 Å². The molecule has 7 heteroatoms. The van der Waals surface area contributed by atoms with E-state index in [1.807, 2.05) is 6.26 Å². The lowest BCUT2D eigenvalue weighted by Crippen LogP contribution is -2.47. The van der Waals surface area contributed by atoms with Crippen LogP contribution in [0.15, 0.2) is 24.3 Å². The molecule has 2 N–H and O–H groups in total. The van der Waals surface area contributed by atoms with E-state index in [0.717, 1.165) is 31.8 Å². The van der Waals surface area contributed by atoms with Gasteiger partial charge in [-0.15, -0.1) is 0 Å². The second-order valence-corrected chi connectivity index (χ2v) is 8.58. The summed E-state index contributed by atoms with van der Waals surface area (Å²) in [5.41, 5.74) is 0.396. The third-order valence-corrected chi connectivity index (χ3v) is 5.97. The topological polar surface area (TPSA) is 61.4 Å². The number of likely N-dealkylation sites (tertiary alicyclic amines) is 1. The lowest BCUT2D eigenvalue weighted by molar-refractivity contribution is -0.123. The van der Waals surface area contributed by atoms with Crippen LogP contribution in [-0.2, 0) is 4.79 Å². The second kappa shape index (κ2) is 13.1. The molecule has 0 saturated carbocycles. The Morgan fingerprint density at radius 1 is 1.18 bits per heavy atom. The molecule has 2 amide bonds. The number of thioether (sulfide) groups is 1. The minimum absolute atomic E-state index is 0.120. The van der Waals surface area contributed by atoms with E-state index in [4.69, 9.17) is 11.6 Å². The number of carbonyl (C=O) groups is 2. The van der Waals surface area contributed by atoms with Crippen molar-refractivity contribution in [3.63, 3.8) is 0 Å². The zero-order valence-corrected chi connectivity index (χ0v) is 18.3. The lowest BCUT2D eigenvalue weighted by Gasteiger charge is -2.21. The molecule has 1 heterocycles. The number of nitrogens with zero attached hydrogens (tertiary/aromatic N) is 1. The van der Waals surface area contributed by atoms with Crippen LogP contribution in [0.1, 0.15) is 48.9 Å². The monoisotopic (exact) mass is 425 g/mol. The molecule has 1 aromatic rings. The summed E-state index contributed by atoms with van der Waals surface area (Å²) >= 11 is 7.76. The van der Waals surface area contributed by atoms with Gasteiger partial charge in [-0.05, 0) is 69.5 Å². The van der Waals surface area contributed by atoms with Gasteiger partial charge in [-0.3, -0.25) is 9.59 Å². The number of amides is 2. The van der Waals surface area contributed by atoms with Gasteiger partial charge in [-0.2, -0.15) is 11.8 Å². The van der Waals surface area contributed by atoms with Crippen LogP contribution < -0.4 is 10.6 Å². The summed E-state index contributed by atoms with van der Waals surface area (Å²) in [5, 5.41) is 6.23. The van der Waals surface area contributed by atoms with E-state index in [9.17, 15) is 9.59 Å². The number of nitrogens with one attached hydrogen (secondary N) is 2. The fourth-order valence-electron chi connectivity index (χ4n) is 3.38. The van der Waals surface area contributed by atoms with Crippen LogP contribution in [0.5, 0.6) is 0 Å². The SMILES string of the molecule is CSCCC(NC(=O)c1ccccc1Cl)C(=O)NCCCN1CCCCCC1. The van der Waals surface area contributed by atoms with Crippen LogP contribution >= 0.6 is 23.4 Å². The van der Waals surface area contributed by atoms with E-state index in [1.165, 1.54) is 25.7 Å². The number of benzene rings is 1. The van der Waals surface area contributed by atoms with E-state index in [1.54, 1.807) is 36.0 Å². The third kappa shape index (κ3) is 8.02. The fourth-order valence-corrected chi connectivity index (χ4v) is 4.08. The average Bonchev–Trinajstić information content (AvgIpc) is 2.97. The smallest absolute Gasteiger partial charge is 0.253 e. The van der Waals surface area contributed by atoms with Crippen LogP contribution in [0.3, 0.4) is 0 Å². The summed E-state index contributed by atoms with van der Waals surface area (Å²) in [6.07, 6.45) is 8.72. The lowest BCUT2D eigenvalue weighted by atomic mass is 10.1. The van der Waals surface area contributed by atoms with E-state index < -0.39 is 6.04 Å². The molecular formula is C21H32ClN3O2S. The van der Waals surface area contributed by atoms with Crippen molar-refractivity contribution < 1.29 is 9.59 Å². The summed E-state index contributed by atoms with van der Waals surface area (Å²) in [6, 6.07) is 6.34. The molecule has 1 saturated heterocycles. The molecular weight excluding hydrogens is 394 g/mol. The Bertz CT molecular complexity index is 621. The van der Waals surface area contributed by atoms with Crippen LogP contribution in [0.4, 0.5) is 0 Å². The Labute approximate surface area is 178 Å². The maximum atomic E-state index is 12.6. The number of hydrogen-bond acceptors (Lipinski definition) is 4. The van der Waals surface area contributed by atoms with Gasteiger partial charge in [-0.1, -0.05) is 36.6 Å². The van der Waals surface area contributed by atoms with E-state index >= 15 is 0 Å². The largest absolute Gasteiger partial charge is 0.354 e. The van der Waals surface area contributed by atoms with Gasteiger partial charge in [0.25, 0.3) is 5.91 Å². The Kier molecular flexibility index (Phi) is 10.8. The van der Waals surface area contributed by atoms with Crippen LogP contribution in [0, 0.1) is 0 Å². The molecule has 0 spiro atoms. The van der Waals surface area contributed by atoms with Crippen molar-refractivity contribution in [3.8, 4) is 0 Å². The molecule has 2 rings (SSSR count). The maximum absolute atomic E-state index is 12.6. The molecule has 1 unspecified atom stereocenters. The predicted molar refractivity (Wildman–Crippen MR) is 118 cm³/mol. The third-order valence-electron chi connectivity index (χ3n) is 5.00. The summed E-state index contributed by atoms with van der Waals surface area (Å²) in [5.74, 6) is 0.371. The van der Waals surface area contributed by atoms with Crippen molar-refractivity contribution in [3.05, 3.63) is 34.9 Å². The van der Waals surface area contributed by atoms with Crippen molar-refractivity contribution in [1.82, 2.24) is 15.5 Å². The van der Waals surface area contributed by atoms with Crippen LogP contribution in [0.2, 0.25) is 5.02 Å². The fraction of sp³-hybridized carbons (Fsp3) is 0.619. The number of rotatable bonds is 10. The van der Waals surface area contributed by atoms with Crippen molar-refractivity contribution in [2.24, 2.45) is 0 Å². The molecule has 156 valence electrons. The second-order valence-electron chi connectivity index (χ2n) is 7.19. The van der Waals surface area contributed by atoms with E-state index in [-0.39, 0.29) is 11.8 Å². The molecule has 0 bridgehead atoms. The first kappa shape index (κ1) is 23.0. The summed E-state index contributed by atoms with van der Waals surface area (Å²) < 4.78 is 0. The zero-order chi connectivity index (χ0) is 20.2. The Hall–Kier alpha value is -1.24. The van der Waals surface area contributed by atoms with Gasteiger partial charge in [0, 0.05) is 6.54 Å². The van der Waals surface area contributed by atoms with E-state index in [2.05, 4.69) is 15.5 Å². The molecule has 1 fully saturated rings. The standard InChI is InChI=1S/C21H32ClN3O2S/c1-28-16-11-19(24-20(26)17-9-4-5-10-18(17)22)21(27)23-12-8-15-25-13-6-2-3-7-14-25/h4-5,9-10,19H,2-3,6-8,11-16H2,1H3,(H,23,27)(H,24,26). The first-order valence-electron chi connectivity index (χ1n) is 10.2. The Morgan fingerprint density at radius 2 is 1.89 bits per heavy atom. The number of hydrogen-bond donors (Lipinski definition) is 2. The first-order chi connectivity index (χ1) is 13.6. The highest BCUT2D eigenvalue weighted by molar-refractivity contribution is 7.98. The molecule has 1 aromatic carbocycles. The zero-order valence-electron chi connectivity index (χ0n) is 16.7. The molecule has 0 aromatic heterocycles. The van der Waals surface area contributed by atoms with Gasteiger partial charge in [0.2, 0.25) is 5.91 Å². The highest BCUT2D eigenvalue weighted by Crippen LogP contribution is 2.15. The summed E-state index contributed by atoms with van der Waals surface area (Å²) in [4.78, 5) is 27.6. The molecule has 28 heavy (non-hydrogen) atoms. The molecule has 1 aliphatic rings. The normalized spacial score (nSPS) is 16.2. The van der Waals surface area contributed by atoms with Gasteiger partial charge in [0.15, 0.2) is 0 Å². The Morgan fingerprint density at radius 3 is 2.57 bits per heavy atom. The van der Waals surface area contributed by atoms with Gasteiger partial charge in [0.05, 0.1) is 10.6 Å². The quantitative estimate of drug-likeness (QED) is 0.562. The van der Waals surface area contributed by atoms with Crippen molar-refractivity contribution >= 4 is 35.2 Å². The van der Waals surface area contributed by atoms with Gasteiger partial charge < -0.3 is 15.5 Å².